The molecule has 0 heterocycles. The second kappa shape index (κ2) is 7.24. The van der Waals surface area contributed by atoms with Crippen LogP contribution in [-0.4, -0.2) is 35.7 Å². The Morgan fingerprint density at radius 2 is 0.914 bits per heavy atom. The van der Waals surface area contributed by atoms with Crippen molar-refractivity contribution in [2.45, 2.75) is 23.7 Å². The third-order valence-electron chi connectivity index (χ3n) is 7.40. The van der Waals surface area contributed by atoms with Gasteiger partial charge in [-0.3, -0.25) is 0 Å². The van der Waals surface area contributed by atoms with E-state index in [4.69, 9.17) is 0 Å². The van der Waals surface area contributed by atoms with E-state index in [1.165, 1.54) is 24.3 Å². The summed E-state index contributed by atoms with van der Waals surface area (Å²) in [7, 11) is 0. The SMILES string of the molecule is Oc1ccc(C2c3c(O)cc(O)cc3C3c4c(O)cc(O)cc4C2C3c2ccc(O)cc2O)cc1. The molecule has 4 aromatic carbocycles. The summed E-state index contributed by atoms with van der Waals surface area (Å²) in [6.45, 7) is 0. The molecule has 4 atom stereocenters. The van der Waals surface area contributed by atoms with Crippen molar-refractivity contribution < 1.29 is 35.7 Å². The Morgan fingerprint density at radius 3 is 1.54 bits per heavy atom. The van der Waals surface area contributed by atoms with Crippen LogP contribution in [0.1, 0.15) is 57.1 Å². The zero-order valence-electron chi connectivity index (χ0n) is 18.3. The van der Waals surface area contributed by atoms with Crippen molar-refractivity contribution in [1.82, 2.24) is 0 Å². The van der Waals surface area contributed by atoms with Crippen LogP contribution >= 0.6 is 0 Å². The molecule has 6 rings (SSSR count). The van der Waals surface area contributed by atoms with Gasteiger partial charge in [0.05, 0.1) is 0 Å². The number of phenols is 7. The summed E-state index contributed by atoms with van der Waals surface area (Å²) in [5.74, 6) is -2.65. The second-order valence-electron chi connectivity index (χ2n) is 9.28. The fourth-order valence-electron chi connectivity index (χ4n) is 6.24. The highest BCUT2D eigenvalue weighted by Crippen LogP contribution is 2.69. The zero-order chi connectivity index (χ0) is 24.6. The minimum atomic E-state index is -0.563. The first-order chi connectivity index (χ1) is 16.7. The predicted molar refractivity (Wildman–Crippen MR) is 127 cm³/mol. The van der Waals surface area contributed by atoms with Crippen LogP contribution in [0, 0.1) is 0 Å². The van der Waals surface area contributed by atoms with Gasteiger partial charge in [0.25, 0.3) is 0 Å². The lowest BCUT2D eigenvalue weighted by Crippen LogP contribution is -2.26. The standard InChI is InChI=1S/C28H22O7/c29-13-3-1-12(2-4-13)23-24-18(7-15(31)10-21(24)34)28-25-19(8-16(32)11-22(25)35)27(23)26(28)17-6-5-14(30)9-20(17)33/h1-11,23,26-35H. The first-order valence-electron chi connectivity index (χ1n) is 11.2. The summed E-state index contributed by atoms with van der Waals surface area (Å²) < 4.78 is 0. The van der Waals surface area contributed by atoms with Gasteiger partial charge in [0, 0.05) is 53.0 Å². The van der Waals surface area contributed by atoms with Crippen LogP contribution in [-0.2, 0) is 0 Å². The Bertz CT molecular complexity index is 1490. The van der Waals surface area contributed by atoms with Gasteiger partial charge in [-0.1, -0.05) is 18.2 Å². The molecule has 4 aromatic rings. The van der Waals surface area contributed by atoms with Gasteiger partial charge in [0.1, 0.15) is 40.2 Å². The van der Waals surface area contributed by atoms with E-state index in [0.29, 0.717) is 27.8 Å². The maximum atomic E-state index is 11.0. The van der Waals surface area contributed by atoms with Gasteiger partial charge in [-0.2, -0.15) is 0 Å². The highest BCUT2D eigenvalue weighted by atomic mass is 16.3. The van der Waals surface area contributed by atoms with E-state index in [1.54, 1.807) is 42.5 Å². The number of phenolic OH excluding ortho intramolecular Hbond substituents is 7. The van der Waals surface area contributed by atoms with Crippen LogP contribution in [0.2, 0.25) is 0 Å². The van der Waals surface area contributed by atoms with Crippen molar-refractivity contribution in [3.05, 3.63) is 100 Å². The molecule has 0 saturated carbocycles. The maximum absolute atomic E-state index is 11.0. The van der Waals surface area contributed by atoms with Crippen molar-refractivity contribution in [3.8, 4) is 40.2 Å². The lowest BCUT2D eigenvalue weighted by atomic mass is 9.62. The molecule has 0 aliphatic heterocycles. The Balaban J connectivity index is 1.74. The maximum Gasteiger partial charge on any atom is 0.123 e. The Morgan fingerprint density at radius 1 is 0.400 bits per heavy atom. The van der Waals surface area contributed by atoms with E-state index in [2.05, 4.69) is 0 Å². The number of hydrogen-bond acceptors (Lipinski definition) is 7. The van der Waals surface area contributed by atoms with Crippen LogP contribution in [0.25, 0.3) is 0 Å². The molecule has 0 saturated heterocycles. The van der Waals surface area contributed by atoms with Crippen molar-refractivity contribution in [3.63, 3.8) is 0 Å². The molecule has 35 heavy (non-hydrogen) atoms. The molecule has 0 aromatic heterocycles. The largest absolute Gasteiger partial charge is 0.508 e. The second-order valence-corrected chi connectivity index (χ2v) is 9.28. The monoisotopic (exact) mass is 470 g/mol. The first-order valence-corrected chi connectivity index (χ1v) is 11.2. The minimum absolute atomic E-state index is 0.0763. The molecule has 0 spiro atoms. The molecule has 0 radical (unpaired) electrons. The van der Waals surface area contributed by atoms with Gasteiger partial charge in [-0.15, -0.1) is 0 Å². The number of benzene rings is 4. The van der Waals surface area contributed by atoms with Gasteiger partial charge in [-0.25, -0.2) is 0 Å². The molecule has 7 N–H and O–H groups in total. The molecule has 0 fully saturated rings. The Hall–Kier alpha value is -4.52. The summed E-state index contributed by atoms with van der Waals surface area (Å²) in [5, 5.41) is 73.5. The highest BCUT2D eigenvalue weighted by molar-refractivity contribution is 5.69. The molecular weight excluding hydrogens is 448 g/mol. The minimum Gasteiger partial charge on any atom is -0.508 e. The summed E-state index contributed by atoms with van der Waals surface area (Å²) in [6.07, 6.45) is 0. The quantitative estimate of drug-likeness (QED) is 0.223. The van der Waals surface area contributed by atoms with E-state index in [9.17, 15) is 35.7 Å². The van der Waals surface area contributed by atoms with Crippen LogP contribution in [0.3, 0.4) is 0 Å². The molecule has 4 unspecified atom stereocenters. The molecule has 2 bridgehead atoms. The molecule has 0 amide bonds. The molecule has 7 nitrogen and oxygen atoms in total. The van der Waals surface area contributed by atoms with Crippen LogP contribution < -0.4 is 0 Å². The molecule has 2 aliphatic carbocycles. The van der Waals surface area contributed by atoms with E-state index < -0.39 is 23.7 Å². The van der Waals surface area contributed by atoms with Crippen molar-refractivity contribution in [1.29, 1.82) is 0 Å². The highest BCUT2D eigenvalue weighted by Gasteiger charge is 2.54. The van der Waals surface area contributed by atoms with Gasteiger partial charge < -0.3 is 35.7 Å². The lowest BCUT2D eigenvalue weighted by Gasteiger charge is -2.40. The molecule has 176 valence electrons. The summed E-state index contributed by atoms with van der Waals surface area (Å²) in [6, 6.07) is 16.6. The summed E-state index contributed by atoms with van der Waals surface area (Å²) in [4.78, 5) is 0. The van der Waals surface area contributed by atoms with Crippen molar-refractivity contribution >= 4 is 0 Å². The average molecular weight is 470 g/mol. The summed E-state index contributed by atoms with van der Waals surface area (Å²) in [5.41, 5.74) is 3.61. The molecule has 7 heteroatoms. The number of rotatable bonds is 2. The molecular formula is C28H22O7. The third kappa shape index (κ3) is 2.98. The van der Waals surface area contributed by atoms with Crippen LogP contribution in [0.4, 0.5) is 0 Å². The fraction of sp³-hybridized carbons (Fsp3) is 0.143. The Labute approximate surface area is 200 Å². The fourth-order valence-corrected chi connectivity index (χ4v) is 6.24. The van der Waals surface area contributed by atoms with E-state index in [0.717, 1.165) is 5.56 Å². The summed E-state index contributed by atoms with van der Waals surface area (Å²) >= 11 is 0. The topological polar surface area (TPSA) is 142 Å². The van der Waals surface area contributed by atoms with Gasteiger partial charge in [-0.05, 0) is 52.6 Å². The average Bonchev–Trinajstić information content (AvgIpc) is 3.04. The van der Waals surface area contributed by atoms with Crippen molar-refractivity contribution in [2.24, 2.45) is 0 Å². The van der Waals surface area contributed by atoms with Gasteiger partial charge in [0.2, 0.25) is 0 Å². The smallest absolute Gasteiger partial charge is 0.123 e. The Kier molecular flexibility index (Phi) is 4.35. The van der Waals surface area contributed by atoms with Gasteiger partial charge >= 0.3 is 0 Å². The van der Waals surface area contributed by atoms with Crippen LogP contribution in [0.15, 0.2) is 66.7 Å². The van der Waals surface area contributed by atoms with E-state index >= 15 is 0 Å². The number of fused-ring (bicyclic) bond motifs is 7. The number of aromatic hydroxyl groups is 7. The number of hydrogen-bond donors (Lipinski definition) is 7. The van der Waals surface area contributed by atoms with E-state index in [-0.39, 0.29) is 40.2 Å². The van der Waals surface area contributed by atoms with Crippen LogP contribution in [0.5, 0.6) is 40.2 Å². The third-order valence-corrected chi connectivity index (χ3v) is 7.40. The normalized spacial score (nSPS) is 21.9. The lowest BCUT2D eigenvalue weighted by molar-refractivity contribution is 0.393. The van der Waals surface area contributed by atoms with Crippen molar-refractivity contribution in [2.75, 3.05) is 0 Å². The van der Waals surface area contributed by atoms with E-state index in [1.807, 2.05) is 0 Å². The predicted octanol–water partition coefficient (Wildman–Crippen LogP) is 4.78. The zero-order valence-corrected chi connectivity index (χ0v) is 18.3. The molecule has 2 aliphatic rings. The van der Waals surface area contributed by atoms with Gasteiger partial charge in [0.15, 0.2) is 0 Å². The first kappa shape index (κ1) is 21.0.